The van der Waals surface area contributed by atoms with Gasteiger partial charge in [0, 0.05) is 11.8 Å². The molecule has 0 saturated carbocycles. The van der Waals surface area contributed by atoms with Gasteiger partial charge in [-0.2, -0.15) is 0 Å². The van der Waals surface area contributed by atoms with Gasteiger partial charge in [-0.15, -0.1) is 0 Å². The Kier molecular flexibility index (Phi) is 5.93. The summed E-state index contributed by atoms with van der Waals surface area (Å²) < 4.78 is 4.97. The first-order valence-electron chi connectivity index (χ1n) is 8.08. The number of nitrogens with zero attached hydrogens (tertiary/aromatic N) is 2. The van der Waals surface area contributed by atoms with Crippen LogP contribution in [0.2, 0.25) is 0 Å². The van der Waals surface area contributed by atoms with Crippen LogP contribution in [0, 0.1) is 20.8 Å². The molecule has 2 aromatic rings. The number of likely N-dealkylation sites (N-methyl/N-ethyl adjacent to an activating group) is 1. The monoisotopic (exact) mass is 344 g/mol. The summed E-state index contributed by atoms with van der Waals surface area (Å²) in [6, 6.07) is 6.97. The van der Waals surface area contributed by atoms with Crippen molar-refractivity contribution in [3.63, 3.8) is 0 Å². The molecule has 1 aromatic carbocycles. The molecule has 134 valence electrons. The molecule has 7 heteroatoms. The van der Waals surface area contributed by atoms with Gasteiger partial charge in [0.05, 0.1) is 18.3 Å². The van der Waals surface area contributed by atoms with Crippen LogP contribution in [0.4, 0.5) is 11.6 Å². The number of aromatic nitrogens is 1. The normalized spacial score (nSPS) is 12.1. The molecule has 0 radical (unpaired) electrons. The molecular formula is C18H24N4O3. The van der Waals surface area contributed by atoms with Crippen molar-refractivity contribution in [3.05, 3.63) is 41.1 Å². The van der Waals surface area contributed by atoms with Crippen molar-refractivity contribution < 1.29 is 14.1 Å². The van der Waals surface area contributed by atoms with Crippen LogP contribution in [0.1, 0.15) is 23.7 Å². The highest BCUT2D eigenvalue weighted by atomic mass is 16.5. The van der Waals surface area contributed by atoms with Crippen LogP contribution in [-0.2, 0) is 9.59 Å². The molecule has 0 saturated heterocycles. The van der Waals surface area contributed by atoms with Crippen molar-refractivity contribution in [2.45, 2.75) is 33.7 Å². The Bertz CT molecular complexity index is 749. The number of nitrogens with one attached hydrogen (secondary N) is 2. The van der Waals surface area contributed by atoms with E-state index < -0.39 is 6.04 Å². The van der Waals surface area contributed by atoms with Gasteiger partial charge in [-0.1, -0.05) is 23.4 Å². The Balaban J connectivity index is 1.92. The maximum atomic E-state index is 12.3. The lowest BCUT2D eigenvalue weighted by Crippen LogP contribution is -2.43. The third-order valence-corrected chi connectivity index (χ3v) is 4.05. The molecule has 2 N–H and O–H groups in total. The number of rotatable bonds is 6. The van der Waals surface area contributed by atoms with E-state index in [0.717, 1.165) is 16.8 Å². The molecule has 2 amide bonds. The molecule has 2 rings (SSSR count). The third kappa shape index (κ3) is 4.90. The van der Waals surface area contributed by atoms with Gasteiger partial charge in [-0.05, 0) is 45.9 Å². The van der Waals surface area contributed by atoms with Gasteiger partial charge in [0.2, 0.25) is 17.7 Å². The van der Waals surface area contributed by atoms with E-state index in [4.69, 9.17) is 4.52 Å². The van der Waals surface area contributed by atoms with Crippen LogP contribution in [0.25, 0.3) is 0 Å². The summed E-state index contributed by atoms with van der Waals surface area (Å²) in [5.74, 6) is -0.142. The fourth-order valence-corrected chi connectivity index (χ4v) is 2.40. The smallest absolute Gasteiger partial charge is 0.243 e. The first-order valence-corrected chi connectivity index (χ1v) is 8.08. The zero-order chi connectivity index (χ0) is 18.6. The molecule has 0 aliphatic heterocycles. The lowest BCUT2D eigenvalue weighted by atomic mass is 10.1. The fourth-order valence-electron chi connectivity index (χ4n) is 2.40. The molecule has 0 aliphatic rings. The topological polar surface area (TPSA) is 87.5 Å². The van der Waals surface area contributed by atoms with Crippen LogP contribution in [-0.4, -0.2) is 41.5 Å². The van der Waals surface area contributed by atoms with Gasteiger partial charge in [0.15, 0.2) is 0 Å². The zero-order valence-corrected chi connectivity index (χ0v) is 15.2. The second-order valence-corrected chi connectivity index (χ2v) is 6.23. The fraction of sp³-hybridized carbons (Fsp3) is 0.389. The SMILES string of the molecule is Cc1cc(NC(=O)[C@H](C)N(C)CC(=O)Nc2c(C)cccc2C)on1. The molecule has 0 unspecified atom stereocenters. The van der Waals surface area contributed by atoms with E-state index in [1.165, 1.54) is 0 Å². The summed E-state index contributed by atoms with van der Waals surface area (Å²) >= 11 is 0. The summed E-state index contributed by atoms with van der Waals surface area (Å²) in [5.41, 5.74) is 3.50. The van der Waals surface area contributed by atoms with Crippen molar-refractivity contribution >= 4 is 23.4 Å². The quantitative estimate of drug-likeness (QED) is 0.841. The summed E-state index contributed by atoms with van der Waals surface area (Å²) in [6.07, 6.45) is 0. The minimum Gasteiger partial charge on any atom is -0.338 e. The van der Waals surface area contributed by atoms with Crippen LogP contribution in [0.3, 0.4) is 0 Å². The molecule has 0 aliphatic carbocycles. The second kappa shape index (κ2) is 7.94. The summed E-state index contributed by atoms with van der Waals surface area (Å²) in [5, 5.41) is 9.28. The van der Waals surface area contributed by atoms with Crippen molar-refractivity contribution in [3.8, 4) is 0 Å². The third-order valence-electron chi connectivity index (χ3n) is 4.05. The average Bonchev–Trinajstić information content (AvgIpc) is 2.95. The van der Waals surface area contributed by atoms with E-state index >= 15 is 0 Å². The van der Waals surface area contributed by atoms with E-state index in [1.807, 2.05) is 32.0 Å². The molecule has 0 bridgehead atoms. The lowest BCUT2D eigenvalue weighted by Gasteiger charge is -2.23. The van der Waals surface area contributed by atoms with E-state index in [1.54, 1.807) is 31.9 Å². The van der Waals surface area contributed by atoms with E-state index in [9.17, 15) is 9.59 Å². The number of para-hydroxylation sites is 1. The molecule has 1 heterocycles. The van der Waals surface area contributed by atoms with Crippen molar-refractivity contribution in [1.82, 2.24) is 10.1 Å². The van der Waals surface area contributed by atoms with Crippen LogP contribution in [0.5, 0.6) is 0 Å². The minimum atomic E-state index is -0.505. The van der Waals surface area contributed by atoms with Crippen LogP contribution < -0.4 is 10.6 Å². The summed E-state index contributed by atoms with van der Waals surface area (Å²) in [6.45, 7) is 7.48. The Hall–Kier alpha value is -2.67. The molecule has 1 atom stereocenters. The Morgan fingerprint density at radius 3 is 2.40 bits per heavy atom. The van der Waals surface area contributed by atoms with Gasteiger partial charge in [-0.25, -0.2) is 0 Å². The zero-order valence-electron chi connectivity index (χ0n) is 15.2. The number of hydrogen-bond acceptors (Lipinski definition) is 5. The highest BCUT2D eigenvalue weighted by Gasteiger charge is 2.21. The van der Waals surface area contributed by atoms with Gasteiger partial charge in [0.1, 0.15) is 0 Å². The summed E-state index contributed by atoms with van der Waals surface area (Å²) in [7, 11) is 1.72. The predicted octanol–water partition coefficient (Wildman–Crippen LogP) is 2.50. The molecule has 0 spiro atoms. The van der Waals surface area contributed by atoms with Gasteiger partial charge < -0.3 is 9.84 Å². The maximum Gasteiger partial charge on any atom is 0.243 e. The highest BCUT2D eigenvalue weighted by molar-refractivity contribution is 5.96. The number of carbonyl (C=O) groups is 2. The number of aryl methyl sites for hydroxylation is 3. The van der Waals surface area contributed by atoms with Crippen LogP contribution in [0.15, 0.2) is 28.8 Å². The number of benzene rings is 1. The Morgan fingerprint density at radius 1 is 1.20 bits per heavy atom. The summed E-state index contributed by atoms with van der Waals surface area (Å²) in [4.78, 5) is 26.2. The van der Waals surface area contributed by atoms with Crippen molar-refractivity contribution in [2.75, 3.05) is 24.2 Å². The standard InChI is InChI=1S/C18H24N4O3/c1-11-7-6-8-12(2)17(11)19-15(23)10-22(5)14(4)18(24)20-16-9-13(3)21-25-16/h6-9,14H,10H2,1-5H3,(H,19,23)(H,20,24)/t14-/m0/s1. The number of amides is 2. The molecular weight excluding hydrogens is 320 g/mol. The van der Waals surface area contributed by atoms with Gasteiger partial charge in [0.25, 0.3) is 0 Å². The molecule has 25 heavy (non-hydrogen) atoms. The number of carbonyl (C=O) groups excluding carboxylic acids is 2. The molecule has 7 nitrogen and oxygen atoms in total. The first-order chi connectivity index (χ1) is 11.8. The van der Waals surface area contributed by atoms with E-state index in [2.05, 4.69) is 15.8 Å². The Labute approximate surface area is 147 Å². The van der Waals surface area contributed by atoms with Crippen LogP contribution >= 0.6 is 0 Å². The minimum absolute atomic E-state index is 0.0950. The van der Waals surface area contributed by atoms with Gasteiger partial charge in [-0.3, -0.25) is 19.8 Å². The first kappa shape index (κ1) is 18.7. The maximum absolute atomic E-state index is 12.3. The number of anilines is 2. The van der Waals surface area contributed by atoms with Crippen molar-refractivity contribution in [2.24, 2.45) is 0 Å². The molecule has 1 aromatic heterocycles. The van der Waals surface area contributed by atoms with Gasteiger partial charge >= 0.3 is 0 Å². The van der Waals surface area contributed by atoms with E-state index in [0.29, 0.717) is 11.6 Å². The lowest BCUT2D eigenvalue weighted by molar-refractivity contribution is -0.122. The molecule has 0 fully saturated rings. The Morgan fingerprint density at radius 2 is 1.84 bits per heavy atom. The van der Waals surface area contributed by atoms with Crippen molar-refractivity contribution in [1.29, 1.82) is 0 Å². The highest BCUT2D eigenvalue weighted by Crippen LogP contribution is 2.19. The van der Waals surface area contributed by atoms with E-state index in [-0.39, 0.29) is 18.4 Å². The second-order valence-electron chi connectivity index (χ2n) is 6.23. The average molecular weight is 344 g/mol. The largest absolute Gasteiger partial charge is 0.338 e. The number of hydrogen-bond donors (Lipinski definition) is 2. The predicted molar refractivity (Wildman–Crippen MR) is 96.5 cm³/mol.